The summed E-state index contributed by atoms with van der Waals surface area (Å²) in [5, 5.41) is 0. The van der Waals surface area contributed by atoms with Crippen molar-refractivity contribution in [3.8, 4) is 0 Å². The number of nitrogens with zero attached hydrogens (tertiary/aromatic N) is 1. The molecule has 1 aromatic carbocycles. The lowest BCUT2D eigenvalue weighted by atomic mass is 10.2. The summed E-state index contributed by atoms with van der Waals surface area (Å²) in [4.78, 5) is 2.15. The van der Waals surface area contributed by atoms with E-state index in [4.69, 9.17) is 30.2 Å². The summed E-state index contributed by atoms with van der Waals surface area (Å²) in [5.41, 5.74) is 6.52. The average molecular weight is 230 g/mol. The molecular weight excluding hydrogens is 212 g/mol. The van der Waals surface area contributed by atoms with Crippen molar-refractivity contribution in [1.82, 2.24) is 0 Å². The molecule has 0 aromatic heterocycles. The van der Waals surface area contributed by atoms with E-state index in [2.05, 4.69) is 4.90 Å². The van der Waals surface area contributed by atoms with Crippen molar-refractivity contribution in [2.45, 2.75) is 20.3 Å². The van der Waals surface area contributed by atoms with E-state index in [1.807, 2.05) is 13.1 Å². The first kappa shape index (κ1) is 13.7. The van der Waals surface area contributed by atoms with Crippen molar-refractivity contribution >= 4 is 30.1 Å². The molecule has 0 saturated carbocycles. The maximum atomic E-state index is 5.41. The average Bonchev–Trinajstić information content (AvgIpc) is 2.13. The van der Waals surface area contributed by atoms with Crippen LogP contribution in [0, 0.1) is 9.02 Å². The van der Waals surface area contributed by atoms with Gasteiger partial charge >= 0.3 is 0 Å². The van der Waals surface area contributed by atoms with Gasteiger partial charge in [0.25, 0.3) is 0 Å². The maximum absolute atomic E-state index is 5.41. The smallest absolute Gasteiger partial charge is 0.0792 e. The highest BCUT2D eigenvalue weighted by molar-refractivity contribution is 7.74. The van der Waals surface area contributed by atoms with E-state index in [1.165, 1.54) is 0 Å². The zero-order chi connectivity index (χ0) is 9.84. The van der Waals surface area contributed by atoms with E-state index in [0.717, 1.165) is 40.6 Å². The zero-order valence-electron chi connectivity index (χ0n) is 7.75. The predicted molar refractivity (Wildman–Crippen MR) is 68.8 cm³/mol. The first-order valence-electron chi connectivity index (χ1n) is 4.38. The standard InChI is InChI=1S/C9H14N2S2.CH4/c1-11(5-3-2-4-10)7-6-8(12)9(7)13;/h6H,2-5,10H2,1H3;1H4. The van der Waals surface area contributed by atoms with Gasteiger partial charge in [-0.05, 0) is 25.5 Å². The van der Waals surface area contributed by atoms with Gasteiger partial charge in [-0.3, -0.25) is 0 Å². The number of anilines is 1. The highest BCUT2D eigenvalue weighted by atomic mass is 32.1. The Morgan fingerprint density at radius 2 is 2.00 bits per heavy atom. The maximum Gasteiger partial charge on any atom is 0.0792 e. The Hall–Kier alpha value is -0.320. The Labute approximate surface area is 96.4 Å². The van der Waals surface area contributed by atoms with Crippen molar-refractivity contribution in [3.63, 3.8) is 0 Å². The van der Waals surface area contributed by atoms with Gasteiger partial charge in [-0.1, -0.05) is 31.9 Å². The van der Waals surface area contributed by atoms with Gasteiger partial charge in [0, 0.05) is 13.6 Å². The molecule has 0 aliphatic carbocycles. The van der Waals surface area contributed by atoms with Crippen LogP contribution in [0.25, 0.3) is 0 Å². The normalized spacial score (nSPS) is 9.86. The molecule has 80 valence electrons. The highest BCUT2D eigenvalue weighted by Gasteiger charge is 2.07. The fourth-order valence-corrected chi connectivity index (χ4v) is 1.69. The lowest BCUT2D eigenvalue weighted by molar-refractivity contribution is 0.727. The second-order valence-corrected chi connectivity index (χ2v) is 3.99. The summed E-state index contributed by atoms with van der Waals surface area (Å²) >= 11 is 10.1. The van der Waals surface area contributed by atoms with Gasteiger partial charge in [-0.2, -0.15) is 0 Å². The van der Waals surface area contributed by atoms with E-state index >= 15 is 0 Å². The third-order valence-corrected chi connectivity index (χ3v) is 2.96. The first-order chi connectivity index (χ1) is 6.16. The van der Waals surface area contributed by atoms with Crippen LogP contribution in [0.4, 0.5) is 5.69 Å². The van der Waals surface area contributed by atoms with Gasteiger partial charge in [0.2, 0.25) is 0 Å². The topological polar surface area (TPSA) is 29.3 Å². The summed E-state index contributed by atoms with van der Waals surface area (Å²) in [6, 6.07) is 1.96. The van der Waals surface area contributed by atoms with Crippen LogP contribution in [-0.2, 0) is 0 Å². The van der Waals surface area contributed by atoms with Crippen molar-refractivity contribution < 1.29 is 0 Å². The van der Waals surface area contributed by atoms with Gasteiger partial charge < -0.3 is 10.6 Å². The Morgan fingerprint density at radius 3 is 2.43 bits per heavy atom. The molecule has 2 N–H and O–H groups in total. The van der Waals surface area contributed by atoms with Crippen LogP contribution in [0.5, 0.6) is 0 Å². The minimum atomic E-state index is 0. The van der Waals surface area contributed by atoms with Crippen LogP contribution >= 0.6 is 24.4 Å². The summed E-state index contributed by atoms with van der Waals surface area (Å²) in [5.74, 6) is 0. The van der Waals surface area contributed by atoms with Gasteiger partial charge in [0.05, 0.1) is 14.7 Å². The molecule has 1 rings (SSSR count). The molecule has 0 bridgehead atoms. The van der Waals surface area contributed by atoms with Crippen LogP contribution in [0.15, 0.2) is 6.07 Å². The number of nitrogens with two attached hydrogens (primary N) is 1. The summed E-state index contributed by atoms with van der Waals surface area (Å²) < 4.78 is 1.65. The number of unbranched alkanes of at least 4 members (excludes halogenated alkanes) is 1. The molecule has 0 unspecified atom stereocenters. The van der Waals surface area contributed by atoms with E-state index in [1.54, 1.807) is 0 Å². The molecule has 0 amide bonds. The second kappa shape index (κ2) is 6.22. The molecule has 0 radical (unpaired) electrons. The minimum absolute atomic E-state index is 0. The molecule has 14 heavy (non-hydrogen) atoms. The zero-order valence-corrected chi connectivity index (χ0v) is 9.38. The number of rotatable bonds is 5. The Bertz CT molecular complexity index is 339. The molecule has 0 aliphatic rings. The van der Waals surface area contributed by atoms with Gasteiger partial charge in [0.15, 0.2) is 0 Å². The molecule has 0 heterocycles. The van der Waals surface area contributed by atoms with E-state index in [0.29, 0.717) is 0 Å². The van der Waals surface area contributed by atoms with Crippen molar-refractivity contribution in [1.29, 1.82) is 0 Å². The monoisotopic (exact) mass is 230 g/mol. The summed E-state index contributed by atoms with van der Waals surface area (Å²) in [6.07, 6.45) is 2.18. The van der Waals surface area contributed by atoms with Crippen LogP contribution in [-0.4, -0.2) is 20.1 Å². The molecule has 0 saturated heterocycles. The van der Waals surface area contributed by atoms with Crippen molar-refractivity contribution in [3.05, 3.63) is 15.1 Å². The molecule has 1 aromatic rings. The lowest BCUT2D eigenvalue weighted by Gasteiger charge is -2.20. The molecule has 0 aliphatic heterocycles. The van der Waals surface area contributed by atoms with E-state index < -0.39 is 0 Å². The van der Waals surface area contributed by atoms with Gasteiger partial charge in [0.1, 0.15) is 0 Å². The van der Waals surface area contributed by atoms with Gasteiger partial charge in [-0.15, -0.1) is 0 Å². The fraction of sp³-hybridized carbons (Fsp3) is 0.600. The predicted octanol–water partition coefficient (Wildman–Crippen LogP) is 2.83. The van der Waals surface area contributed by atoms with Crippen LogP contribution in [0.1, 0.15) is 20.3 Å². The first-order valence-corrected chi connectivity index (χ1v) is 5.20. The highest BCUT2D eigenvalue weighted by Crippen LogP contribution is 2.21. The third kappa shape index (κ3) is 3.12. The molecular formula is C10H18N2S2. The minimum Gasteiger partial charge on any atom is -0.373 e. The van der Waals surface area contributed by atoms with E-state index in [9.17, 15) is 0 Å². The Kier molecular flexibility index (Phi) is 6.08. The molecule has 2 nitrogen and oxygen atoms in total. The Balaban J connectivity index is 0.00000169. The van der Waals surface area contributed by atoms with Crippen molar-refractivity contribution in [2.24, 2.45) is 5.73 Å². The Morgan fingerprint density at radius 1 is 1.36 bits per heavy atom. The molecule has 4 heteroatoms. The molecule has 0 fully saturated rings. The number of hydrogen-bond acceptors (Lipinski definition) is 4. The largest absolute Gasteiger partial charge is 0.373 e. The quantitative estimate of drug-likeness (QED) is 0.622. The van der Waals surface area contributed by atoms with Crippen LogP contribution in [0.3, 0.4) is 0 Å². The van der Waals surface area contributed by atoms with Crippen LogP contribution < -0.4 is 10.6 Å². The van der Waals surface area contributed by atoms with E-state index in [-0.39, 0.29) is 7.43 Å². The van der Waals surface area contributed by atoms with Crippen LogP contribution in [0.2, 0.25) is 0 Å². The third-order valence-electron chi connectivity index (χ3n) is 2.08. The lowest BCUT2D eigenvalue weighted by Crippen LogP contribution is -2.20. The van der Waals surface area contributed by atoms with Crippen molar-refractivity contribution in [2.75, 3.05) is 25.0 Å². The summed E-state index contributed by atoms with van der Waals surface area (Å²) in [7, 11) is 2.04. The SMILES string of the molecule is C.CN(CCCCN)c1cc(=S)c1=S. The molecule has 0 spiro atoms. The van der Waals surface area contributed by atoms with Gasteiger partial charge in [-0.25, -0.2) is 0 Å². The fourth-order valence-electron chi connectivity index (χ4n) is 1.20. The molecule has 0 atom stereocenters. The number of hydrogen-bond donors (Lipinski definition) is 1. The summed E-state index contributed by atoms with van der Waals surface area (Å²) in [6.45, 7) is 1.77. The second-order valence-electron chi connectivity index (χ2n) is 3.14.